The predicted molar refractivity (Wildman–Crippen MR) is 148 cm³/mol. The van der Waals surface area contributed by atoms with Crippen LogP contribution < -0.4 is 9.47 Å². The SMILES string of the molecule is O=C(COc1ccc(COc2ccc([SH]3c4ccccc4-c4ccccc43)cc2)cc1)OC1CCCCO1. The number of benzene rings is 4. The van der Waals surface area contributed by atoms with Crippen LogP contribution in [0.25, 0.3) is 11.1 Å². The highest BCUT2D eigenvalue weighted by molar-refractivity contribution is 8.17. The summed E-state index contributed by atoms with van der Waals surface area (Å²) in [4.78, 5) is 16.1. The van der Waals surface area contributed by atoms with Crippen molar-refractivity contribution in [3.8, 4) is 22.6 Å². The summed E-state index contributed by atoms with van der Waals surface area (Å²) in [5.74, 6) is 1.02. The van der Waals surface area contributed by atoms with Gasteiger partial charge in [-0.25, -0.2) is 4.79 Å². The second-order valence-electron chi connectivity index (χ2n) is 9.37. The summed E-state index contributed by atoms with van der Waals surface area (Å²) in [6.07, 6.45) is 2.32. The second-order valence-corrected chi connectivity index (χ2v) is 11.5. The van der Waals surface area contributed by atoms with Crippen LogP contribution in [0, 0.1) is 0 Å². The van der Waals surface area contributed by atoms with Gasteiger partial charge in [0, 0.05) is 16.2 Å². The quantitative estimate of drug-likeness (QED) is 0.172. The first kappa shape index (κ1) is 24.6. The lowest BCUT2D eigenvalue weighted by atomic mass is 10.1. The van der Waals surface area contributed by atoms with Gasteiger partial charge in [0.2, 0.25) is 6.29 Å². The molecule has 0 saturated carbocycles. The molecular weight excluding hydrogens is 496 g/mol. The Bertz CT molecular complexity index is 1350. The first-order valence-corrected chi connectivity index (χ1v) is 14.3. The average Bonchev–Trinajstić information content (AvgIpc) is 3.31. The number of rotatable bonds is 8. The minimum absolute atomic E-state index is 0.139. The molecule has 0 aliphatic carbocycles. The van der Waals surface area contributed by atoms with Crippen LogP contribution in [0.15, 0.2) is 112 Å². The van der Waals surface area contributed by atoms with Gasteiger partial charge in [-0.1, -0.05) is 48.5 Å². The van der Waals surface area contributed by atoms with E-state index < -0.39 is 23.2 Å². The lowest BCUT2D eigenvalue weighted by Crippen LogP contribution is -2.27. The lowest BCUT2D eigenvalue weighted by Gasteiger charge is -2.22. The van der Waals surface area contributed by atoms with Crippen molar-refractivity contribution in [1.29, 1.82) is 0 Å². The monoisotopic (exact) mass is 526 g/mol. The Morgan fingerprint density at radius 3 is 2.05 bits per heavy atom. The van der Waals surface area contributed by atoms with Crippen molar-refractivity contribution < 1.29 is 23.7 Å². The van der Waals surface area contributed by atoms with Crippen molar-refractivity contribution in [3.05, 3.63) is 103 Å². The van der Waals surface area contributed by atoms with Crippen LogP contribution in [-0.4, -0.2) is 25.5 Å². The highest BCUT2D eigenvalue weighted by Gasteiger charge is 2.26. The molecule has 0 bridgehead atoms. The summed E-state index contributed by atoms with van der Waals surface area (Å²) >= 11 is 0. The predicted octanol–water partition coefficient (Wildman–Crippen LogP) is 7.17. The topological polar surface area (TPSA) is 54.0 Å². The molecule has 194 valence electrons. The Morgan fingerprint density at radius 1 is 0.763 bits per heavy atom. The summed E-state index contributed by atoms with van der Waals surface area (Å²) in [6.45, 7) is 0.942. The third-order valence-corrected chi connectivity index (χ3v) is 9.32. The summed E-state index contributed by atoms with van der Waals surface area (Å²) in [6, 6.07) is 33.5. The summed E-state index contributed by atoms with van der Waals surface area (Å²) < 4.78 is 22.3. The van der Waals surface area contributed by atoms with E-state index in [4.69, 9.17) is 18.9 Å². The molecule has 1 atom stereocenters. The van der Waals surface area contributed by atoms with E-state index in [1.54, 1.807) is 0 Å². The molecule has 38 heavy (non-hydrogen) atoms. The van der Waals surface area contributed by atoms with Gasteiger partial charge < -0.3 is 18.9 Å². The number of hydrogen-bond acceptors (Lipinski definition) is 5. The third kappa shape index (κ3) is 5.42. The van der Waals surface area contributed by atoms with Crippen LogP contribution in [0.2, 0.25) is 0 Å². The fourth-order valence-corrected chi connectivity index (χ4v) is 7.47. The number of fused-ring (bicyclic) bond motifs is 3. The summed E-state index contributed by atoms with van der Waals surface area (Å²) in [7, 11) is -0.564. The molecule has 6 rings (SSSR count). The highest BCUT2D eigenvalue weighted by Crippen LogP contribution is 2.62. The van der Waals surface area contributed by atoms with E-state index in [-0.39, 0.29) is 6.61 Å². The van der Waals surface area contributed by atoms with E-state index >= 15 is 0 Å². The number of esters is 1. The molecule has 4 aromatic rings. The Hall–Kier alpha value is -3.74. The van der Waals surface area contributed by atoms with E-state index in [1.165, 1.54) is 25.8 Å². The van der Waals surface area contributed by atoms with E-state index in [9.17, 15) is 4.79 Å². The van der Waals surface area contributed by atoms with Gasteiger partial charge in [0.25, 0.3) is 0 Å². The Labute approximate surface area is 225 Å². The summed E-state index contributed by atoms with van der Waals surface area (Å²) in [5, 5.41) is 0. The standard InChI is InChI=1S/C32H30O5S/c33-31(37-32-11-5-6-20-34-32)22-36-24-14-12-23(13-15-24)21-35-25-16-18-26(19-17-25)38-29-9-3-1-7-27(29)28-8-2-4-10-30(28)38/h1-4,7-10,12-19,32,38H,5-6,11,20-22H2. The van der Waals surface area contributed by atoms with Crippen LogP contribution in [0.5, 0.6) is 11.5 Å². The van der Waals surface area contributed by atoms with Crippen molar-refractivity contribution in [3.63, 3.8) is 0 Å². The number of hydrogen-bond donors (Lipinski definition) is 1. The maximum absolute atomic E-state index is 12.0. The van der Waals surface area contributed by atoms with Gasteiger partial charge in [0.1, 0.15) is 18.1 Å². The molecule has 6 heteroatoms. The molecular formula is C32H30O5S. The molecule has 0 spiro atoms. The van der Waals surface area contributed by atoms with Crippen LogP contribution in [-0.2, 0) is 20.9 Å². The van der Waals surface area contributed by atoms with Crippen LogP contribution >= 0.6 is 10.9 Å². The summed E-state index contributed by atoms with van der Waals surface area (Å²) in [5.41, 5.74) is 3.71. The second kappa shape index (κ2) is 11.3. The minimum atomic E-state index is -0.564. The van der Waals surface area contributed by atoms with Gasteiger partial charge in [-0.3, -0.25) is 0 Å². The van der Waals surface area contributed by atoms with Gasteiger partial charge >= 0.3 is 5.97 Å². The van der Waals surface area contributed by atoms with E-state index in [0.29, 0.717) is 19.0 Å². The number of carbonyl (C=O) groups excluding carboxylic acids is 1. The van der Waals surface area contributed by atoms with Crippen LogP contribution in [0.4, 0.5) is 0 Å². The fourth-order valence-electron chi connectivity index (χ4n) is 4.87. The number of thiol groups is 1. The van der Waals surface area contributed by atoms with E-state index in [1.807, 2.05) is 24.3 Å². The molecule has 0 radical (unpaired) electrons. The highest BCUT2D eigenvalue weighted by atomic mass is 32.2. The normalized spacial score (nSPS) is 16.8. The molecule has 1 fully saturated rings. The Kier molecular flexibility index (Phi) is 7.33. The molecule has 5 nitrogen and oxygen atoms in total. The average molecular weight is 527 g/mol. The van der Waals surface area contributed by atoms with Crippen LogP contribution in [0.3, 0.4) is 0 Å². The minimum Gasteiger partial charge on any atom is -0.489 e. The largest absolute Gasteiger partial charge is 0.489 e. The van der Waals surface area contributed by atoms with Crippen molar-refractivity contribution in [2.75, 3.05) is 13.2 Å². The fraction of sp³-hybridized carbons (Fsp3) is 0.219. The van der Waals surface area contributed by atoms with Crippen molar-refractivity contribution >= 4 is 16.9 Å². The molecule has 1 saturated heterocycles. The van der Waals surface area contributed by atoms with Gasteiger partial charge in [0.05, 0.1) is 6.61 Å². The molecule has 0 N–H and O–H groups in total. The van der Waals surface area contributed by atoms with Crippen molar-refractivity contribution in [2.24, 2.45) is 0 Å². The maximum Gasteiger partial charge on any atom is 0.346 e. The molecule has 1 unspecified atom stereocenters. The molecule has 2 aliphatic heterocycles. The Morgan fingerprint density at radius 2 is 1.39 bits per heavy atom. The zero-order valence-corrected chi connectivity index (χ0v) is 21.9. The number of carbonyl (C=O) groups is 1. The first-order valence-electron chi connectivity index (χ1n) is 13.0. The molecule has 0 amide bonds. The first-order chi connectivity index (χ1) is 18.7. The van der Waals surface area contributed by atoms with Gasteiger partial charge in [0.15, 0.2) is 6.61 Å². The smallest absolute Gasteiger partial charge is 0.346 e. The van der Waals surface area contributed by atoms with Crippen LogP contribution in [0.1, 0.15) is 24.8 Å². The van der Waals surface area contributed by atoms with Gasteiger partial charge in [-0.15, -0.1) is 0 Å². The third-order valence-electron chi connectivity index (χ3n) is 6.76. The van der Waals surface area contributed by atoms with E-state index in [2.05, 4.69) is 72.8 Å². The molecule has 0 aromatic heterocycles. The zero-order valence-electron chi connectivity index (χ0n) is 21.0. The lowest BCUT2D eigenvalue weighted by molar-refractivity contribution is -0.188. The molecule has 2 aliphatic rings. The van der Waals surface area contributed by atoms with Gasteiger partial charge in [-0.05, 0) is 83.0 Å². The maximum atomic E-state index is 12.0. The molecule has 2 heterocycles. The Balaban J connectivity index is 1.03. The van der Waals surface area contributed by atoms with Gasteiger partial charge in [-0.2, -0.15) is 10.9 Å². The number of ether oxygens (including phenoxy) is 4. The zero-order chi connectivity index (χ0) is 25.7. The van der Waals surface area contributed by atoms with Crippen molar-refractivity contribution in [1.82, 2.24) is 0 Å². The van der Waals surface area contributed by atoms with Crippen molar-refractivity contribution in [2.45, 2.75) is 46.8 Å². The molecule has 4 aromatic carbocycles. The van der Waals surface area contributed by atoms with E-state index in [0.717, 1.165) is 30.6 Å².